The van der Waals surface area contributed by atoms with Crippen LogP contribution in [0.3, 0.4) is 0 Å². The van der Waals surface area contributed by atoms with Crippen LogP contribution in [-0.4, -0.2) is 81.2 Å². The van der Waals surface area contributed by atoms with E-state index >= 15 is 0 Å². The van der Waals surface area contributed by atoms with Gasteiger partial charge in [0.25, 0.3) is 5.91 Å². The number of carbonyl (C=O) groups is 3. The number of hydrogen-bond acceptors (Lipinski definition) is 8. The summed E-state index contributed by atoms with van der Waals surface area (Å²) in [6, 6.07) is 5.53. The third kappa shape index (κ3) is 4.73. The third-order valence-corrected chi connectivity index (χ3v) is 8.62. The molecule has 9 nitrogen and oxygen atoms in total. The van der Waals surface area contributed by atoms with Crippen LogP contribution in [0.5, 0.6) is 0 Å². The average Bonchev–Trinajstić information content (AvgIpc) is 3.35. The number of fused-ring (bicyclic) bond motifs is 1. The number of β-lactam (4-membered cyclic amide) rings is 1. The lowest BCUT2D eigenvalue weighted by molar-refractivity contribution is -0.163. The first-order chi connectivity index (χ1) is 17.1. The molecule has 1 N–H and O–H groups in total. The first-order valence-electron chi connectivity index (χ1n) is 12.0. The molecule has 1 aromatic carbocycles. The molecule has 3 atom stereocenters. The number of esters is 1. The first kappa shape index (κ1) is 26.5. The molecule has 194 valence electrons. The maximum atomic E-state index is 13.3. The fourth-order valence-corrected chi connectivity index (χ4v) is 6.56. The van der Waals surface area contributed by atoms with Gasteiger partial charge >= 0.3 is 5.97 Å². The third-order valence-electron chi connectivity index (χ3n) is 6.72. The standard InChI is InChI=1S/C25H31ClN4O5S/c1-6-29(7-2)12-13-34-24(33)20-25(4,5)36-23-19(22(32)30(20)23)27-21(31)17-14(3)35-28-18(17)15-10-8-9-11-16(15)26/h8-11,19-20,23H,6-7,12-13H2,1-5H3,(H,27,31)/t19?,20-,23+/m0/s1. The van der Waals surface area contributed by atoms with Crippen molar-refractivity contribution in [1.29, 1.82) is 0 Å². The Morgan fingerprint density at radius 3 is 2.64 bits per heavy atom. The Bertz CT molecular complexity index is 1170. The quantitative estimate of drug-likeness (QED) is 0.386. The minimum atomic E-state index is -0.774. The molecule has 2 fully saturated rings. The lowest BCUT2D eigenvalue weighted by Crippen LogP contribution is -2.70. The van der Waals surface area contributed by atoms with E-state index in [0.29, 0.717) is 28.6 Å². The summed E-state index contributed by atoms with van der Waals surface area (Å²) in [6.45, 7) is 12.2. The number of ether oxygens (including phenoxy) is 1. The predicted molar refractivity (Wildman–Crippen MR) is 138 cm³/mol. The molecule has 0 radical (unpaired) electrons. The summed E-state index contributed by atoms with van der Waals surface area (Å²) in [5.74, 6) is -0.896. The van der Waals surface area contributed by atoms with E-state index < -0.39 is 28.7 Å². The molecule has 0 aliphatic carbocycles. The fourth-order valence-electron chi connectivity index (χ4n) is 4.71. The average molecular weight is 535 g/mol. The number of aromatic nitrogens is 1. The number of thioether (sulfide) groups is 1. The summed E-state index contributed by atoms with van der Waals surface area (Å²) in [4.78, 5) is 43.1. The second-order valence-corrected chi connectivity index (χ2v) is 11.5. The molecule has 2 aliphatic rings. The monoisotopic (exact) mass is 534 g/mol. The molecule has 2 amide bonds. The molecular weight excluding hydrogens is 504 g/mol. The minimum absolute atomic E-state index is 0.226. The summed E-state index contributed by atoms with van der Waals surface area (Å²) in [5, 5.41) is 6.92. The van der Waals surface area contributed by atoms with Gasteiger partial charge in [-0.25, -0.2) is 4.79 Å². The molecule has 3 heterocycles. The number of hydrogen-bond donors (Lipinski definition) is 1. The SMILES string of the molecule is CCN(CC)CCOC(=O)[C@@H]1N2C(=O)C(NC(=O)c3c(-c4ccccc4Cl)noc3C)[C@H]2SC1(C)C. The van der Waals surface area contributed by atoms with Gasteiger partial charge in [0.05, 0.1) is 5.02 Å². The van der Waals surface area contributed by atoms with Crippen molar-refractivity contribution in [2.75, 3.05) is 26.2 Å². The summed E-state index contributed by atoms with van der Waals surface area (Å²) < 4.78 is 10.3. The number of benzene rings is 1. The summed E-state index contributed by atoms with van der Waals surface area (Å²) >= 11 is 7.79. The van der Waals surface area contributed by atoms with Crippen LogP contribution in [0.2, 0.25) is 5.02 Å². The molecule has 0 spiro atoms. The van der Waals surface area contributed by atoms with Crippen LogP contribution < -0.4 is 5.32 Å². The molecule has 2 saturated heterocycles. The maximum absolute atomic E-state index is 13.3. The summed E-state index contributed by atoms with van der Waals surface area (Å²) in [7, 11) is 0. The largest absolute Gasteiger partial charge is 0.463 e. The van der Waals surface area contributed by atoms with E-state index in [1.807, 2.05) is 13.8 Å². The Morgan fingerprint density at radius 2 is 1.97 bits per heavy atom. The van der Waals surface area contributed by atoms with E-state index in [9.17, 15) is 14.4 Å². The highest BCUT2D eigenvalue weighted by atomic mass is 35.5. The van der Waals surface area contributed by atoms with Crippen LogP contribution in [0, 0.1) is 6.92 Å². The maximum Gasteiger partial charge on any atom is 0.330 e. The Balaban J connectivity index is 1.46. The van der Waals surface area contributed by atoms with Gasteiger partial charge in [-0.05, 0) is 39.9 Å². The summed E-state index contributed by atoms with van der Waals surface area (Å²) in [5.41, 5.74) is 1.10. The van der Waals surface area contributed by atoms with Crippen LogP contribution in [0.25, 0.3) is 11.3 Å². The second-order valence-electron chi connectivity index (χ2n) is 9.35. The van der Waals surface area contributed by atoms with Crippen molar-refractivity contribution in [2.24, 2.45) is 0 Å². The molecular formula is C25H31ClN4O5S. The first-order valence-corrected chi connectivity index (χ1v) is 13.3. The lowest BCUT2D eigenvalue weighted by atomic mass is 9.95. The van der Waals surface area contributed by atoms with Gasteiger partial charge in [0.1, 0.15) is 41.1 Å². The Labute approximate surface area is 219 Å². The van der Waals surface area contributed by atoms with Crippen LogP contribution in [-0.2, 0) is 14.3 Å². The Kier molecular flexibility index (Phi) is 7.68. The molecule has 0 bridgehead atoms. The van der Waals surface area contributed by atoms with Crippen molar-refractivity contribution in [3.05, 3.63) is 40.6 Å². The molecule has 1 unspecified atom stereocenters. The van der Waals surface area contributed by atoms with E-state index in [1.54, 1.807) is 31.2 Å². The van der Waals surface area contributed by atoms with E-state index in [4.69, 9.17) is 20.9 Å². The van der Waals surface area contributed by atoms with Gasteiger partial charge in [0.15, 0.2) is 0 Å². The minimum Gasteiger partial charge on any atom is -0.463 e. The van der Waals surface area contributed by atoms with Crippen molar-refractivity contribution >= 4 is 41.1 Å². The van der Waals surface area contributed by atoms with Crippen molar-refractivity contribution in [2.45, 2.75) is 56.8 Å². The topological polar surface area (TPSA) is 105 Å². The second kappa shape index (κ2) is 10.4. The number of nitrogens with one attached hydrogen (secondary N) is 1. The van der Waals surface area contributed by atoms with Crippen molar-refractivity contribution in [3.63, 3.8) is 0 Å². The van der Waals surface area contributed by atoms with Gasteiger partial charge in [-0.15, -0.1) is 11.8 Å². The number of halogens is 1. The van der Waals surface area contributed by atoms with Gasteiger partial charge in [-0.1, -0.05) is 48.8 Å². The fraction of sp³-hybridized carbons (Fsp3) is 0.520. The van der Waals surface area contributed by atoms with Crippen LogP contribution >= 0.6 is 23.4 Å². The molecule has 0 saturated carbocycles. The molecule has 2 aliphatic heterocycles. The van der Waals surface area contributed by atoms with Crippen molar-refractivity contribution < 1.29 is 23.6 Å². The smallest absolute Gasteiger partial charge is 0.330 e. The zero-order chi connectivity index (χ0) is 26.2. The van der Waals surface area contributed by atoms with Gasteiger partial charge in [-0.3, -0.25) is 9.59 Å². The molecule has 2 aromatic rings. The molecule has 4 rings (SSSR count). The van der Waals surface area contributed by atoms with Gasteiger partial charge < -0.3 is 24.4 Å². The Hall–Kier alpha value is -2.56. The normalized spacial score (nSPS) is 22.4. The number of carbonyl (C=O) groups excluding carboxylic acids is 3. The number of nitrogens with zero attached hydrogens (tertiary/aromatic N) is 3. The van der Waals surface area contributed by atoms with E-state index in [0.717, 1.165) is 13.1 Å². The van der Waals surface area contributed by atoms with Gasteiger partial charge in [0, 0.05) is 16.9 Å². The molecule has 1 aromatic heterocycles. The van der Waals surface area contributed by atoms with E-state index in [1.165, 1.54) is 16.7 Å². The number of rotatable bonds is 9. The lowest BCUT2D eigenvalue weighted by Gasteiger charge is -2.43. The molecule has 36 heavy (non-hydrogen) atoms. The van der Waals surface area contributed by atoms with Crippen LogP contribution in [0.15, 0.2) is 28.8 Å². The van der Waals surface area contributed by atoms with Gasteiger partial charge in [0.2, 0.25) is 5.91 Å². The molecule has 11 heteroatoms. The van der Waals surface area contributed by atoms with Crippen molar-refractivity contribution in [1.82, 2.24) is 20.3 Å². The van der Waals surface area contributed by atoms with Crippen LogP contribution in [0.1, 0.15) is 43.8 Å². The highest BCUT2D eigenvalue weighted by Gasteiger charge is 2.64. The summed E-state index contributed by atoms with van der Waals surface area (Å²) in [6.07, 6.45) is 0. The highest BCUT2D eigenvalue weighted by Crippen LogP contribution is 2.51. The van der Waals surface area contributed by atoms with Crippen molar-refractivity contribution in [3.8, 4) is 11.3 Å². The zero-order valence-electron chi connectivity index (χ0n) is 21.0. The highest BCUT2D eigenvalue weighted by molar-refractivity contribution is 8.01. The number of aryl methyl sites for hydroxylation is 1. The van der Waals surface area contributed by atoms with E-state index in [-0.39, 0.29) is 23.5 Å². The van der Waals surface area contributed by atoms with E-state index in [2.05, 4.69) is 29.2 Å². The van der Waals surface area contributed by atoms with Crippen LogP contribution in [0.4, 0.5) is 0 Å². The predicted octanol–water partition coefficient (Wildman–Crippen LogP) is 3.35. The number of amides is 2. The van der Waals surface area contributed by atoms with Gasteiger partial charge in [-0.2, -0.15) is 0 Å². The Morgan fingerprint density at radius 1 is 1.28 bits per heavy atom. The zero-order valence-corrected chi connectivity index (χ0v) is 22.6. The number of likely N-dealkylation sites (N-methyl/N-ethyl adjacent to an activating group) is 1.